The Balaban J connectivity index is 1.93. The molecule has 2 amide bonds. The number of nitrogens with zero attached hydrogens (tertiary/aromatic N) is 1. The van der Waals surface area contributed by atoms with Crippen LogP contribution in [0.5, 0.6) is 0 Å². The van der Waals surface area contributed by atoms with E-state index in [0.29, 0.717) is 31.7 Å². The molecule has 0 saturated carbocycles. The highest BCUT2D eigenvalue weighted by Crippen LogP contribution is 2.22. The second kappa shape index (κ2) is 6.75. The van der Waals surface area contributed by atoms with Crippen molar-refractivity contribution in [2.45, 2.75) is 32.2 Å². The van der Waals surface area contributed by atoms with Gasteiger partial charge in [0.15, 0.2) is 0 Å². The maximum atomic E-state index is 12.0. The van der Waals surface area contributed by atoms with Crippen molar-refractivity contribution in [3.8, 4) is 0 Å². The Kier molecular flexibility index (Phi) is 5.01. The third kappa shape index (κ3) is 3.73. The normalized spacial score (nSPS) is 18.4. The van der Waals surface area contributed by atoms with Crippen LogP contribution in [0.3, 0.4) is 0 Å². The lowest BCUT2D eigenvalue weighted by Gasteiger charge is -2.17. The molecule has 5 heteroatoms. The quantitative estimate of drug-likeness (QED) is 0.847. The fourth-order valence-electron chi connectivity index (χ4n) is 2.31. The van der Waals surface area contributed by atoms with Crippen molar-refractivity contribution < 1.29 is 9.59 Å². The first-order valence-electron chi connectivity index (χ1n) is 6.82. The van der Waals surface area contributed by atoms with E-state index in [1.165, 1.54) is 0 Å². The molecule has 0 radical (unpaired) electrons. The highest BCUT2D eigenvalue weighted by molar-refractivity contribution is 6.17. The summed E-state index contributed by atoms with van der Waals surface area (Å²) in [5.41, 5.74) is 2.05. The molecule has 0 unspecified atom stereocenters. The van der Waals surface area contributed by atoms with Crippen LogP contribution in [0.2, 0.25) is 0 Å². The van der Waals surface area contributed by atoms with Crippen LogP contribution in [-0.4, -0.2) is 30.3 Å². The molecule has 1 fully saturated rings. The van der Waals surface area contributed by atoms with E-state index in [4.69, 9.17) is 11.6 Å². The number of alkyl halides is 1. The number of nitrogens with one attached hydrogen (secondary N) is 1. The van der Waals surface area contributed by atoms with Crippen LogP contribution >= 0.6 is 11.6 Å². The maximum absolute atomic E-state index is 12.0. The Morgan fingerprint density at radius 1 is 1.40 bits per heavy atom. The van der Waals surface area contributed by atoms with Gasteiger partial charge in [-0.15, -0.1) is 11.6 Å². The first-order valence-corrected chi connectivity index (χ1v) is 7.36. The lowest BCUT2D eigenvalue weighted by molar-refractivity contribution is -0.121. The average Bonchev–Trinajstić information content (AvgIpc) is 2.78. The van der Waals surface area contributed by atoms with Crippen LogP contribution < -0.4 is 10.2 Å². The van der Waals surface area contributed by atoms with Crippen molar-refractivity contribution in [2.75, 3.05) is 17.3 Å². The van der Waals surface area contributed by atoms with Crippen molar-refractivity contribution in [3.63, 3.8) is 0 Å². The molecule has 1 aliphatic heterocycles. The molecule has 2 rings (SSSR count). The fourth-order valence-corrected chi connectivity index (χ4v) is 2.44. The van der Waals surface area contributed by atoms with Crippen molar-refractivity contribution in [2.24, 2.45) is 0 Å². The maximum Gasteiger partial charge on any atom is 0.229 e. The Labute approximate surface area is 124 Å². The molecule has 1 heterocycles. The predicted octanol–water partition coefficient (Wildman–Crippen LogP) is 2.24. The van der Waals surface area contributed by atoms with E-state index in [1.54, 1.807) is 4.90 Å². The number of amides is 2. The smallest absolute Gasteiger partial charge is 0.229 e. The highest BCUT2D eigenvalue weighted by atomic mass is 35.5. The first kappa shape index (κ1) is 14.9. The van der Waals surface area contributed by atoms with Crippen LogP contribution in [0.25, 0.3) is 0 Å². The van der Waals surface area contributed by atoms with Crippen LogP contribution in [0.15, 0.2) is 24.3 Å². The second-order valence-electron chi connectivity index (χ2n) is 5.10. The predicted molar refractivity (Wildman–Crippen MR) is 80.0 cm³/mol. The van der Waals surface area contributed by atoms with Gasteiger partial charge in [-0.2, -0.15) is 0 Å². The highest BCUT2D eigenvalue weighted by Gasteiger charge is 2.31. The van der Waals surface area contributed by atoms with Gasteiger partial charge in [-0.3, -0.25) is 9.59 Å². The van der Waals surface area contributed by atoms with Crippen molar-refractivity contribution in [1.29, 1.82) is 0 Å². The minimum atomic E-state index is -0.105. The van der Waals surface area contributed by atoms with Crippen molar-refractivity contribution in [1.82, 2.24) is 5.32 Å². The number of carbonyl (C=O) groups excluding carboxylic acids is 2. The molecule has 4 nitrogen and oxygen atoms in total. The van der Waals surface area contributed by atoms with Crippen LogP contribution in [0, 0.1) is 6.92 Å². The molecule has 1 saturated heterocycles. The number of carbonyl (C=O) groups is 2. The molecule has 0 bridgehead atoms. The second-order valence-corrected chi connectivity index (χ2v) is 5.48. The van der Waals surface area contributed by atoms with E-state index in [2.05, 4.69) is 5.32 Å². The topological polar surface area (TPSA) is 49.4 Å². The molecule has 20 heavy (non-hydrogen) atoms. The standard InChI is InChI=1S/C15H19ClN2O2/c1-11-4-6-13(7-5-11)18-10-12(9-15(18)20)17-14(19)3-2-8-16/h4-7,12H,2-3,8-10H2,1H3,(H,17,19)/t12-/m0/s1. The van der Waals surface area contributed by atoms with Gasteiger partial charge in [-0.05, 0) is 25.5 Å². The monoisotopic (exact) mass is 294 g/mol. The van der Waals surface area contributed by atoms with Gasteiger partial charge in [0.05, 0.1) is 6.04 Å². The van der Waals surface area contributed by atoms with Crippen LogP contribution in [-0.2, 0) is 9.59 Å². The molecule has 1 atom stereocenters. The summed E-state index contributed by atoms with van der Waals surface area (Å²) in [6, 6.07) is 7.73. The third-order valence-electron chi connectivity index (χ3n) is 3.37. The van der Waals surface area contributed by atoms with Gasteiger partial charge >= 0.3 is 0 Å². The Morgan fingerprint density at radius 3 is 2.75 bits per heavy atom. The summed E-state index contributed by atoms with van der Waals surface area (Å²) in [7, 11) is 0. The molecular formula is C15H19ClN2O2. The van der Waals surface area contributed by atoms with E-state index >= 15 is 0 Å². The number of anilines is 1. The Hall–Kier alpha value is -1.55. The molecule has 1 aromatic carbocycles. The first-order chi connectivity index (χ1) is 9.60. The van der Waals surface area contributed by atoms with Crippen LogP contribution in [0.1, 0.15) is 24.8 Å². The summed E-state index contributed by atoms with van der Waals surface area (Å²) in [6.07, 6.45) is 1.44. The van der Waals surface area contributed by atoms with E-state index < -0.39 is 0 Å². The minimum absolute atomic E-state index is 0.0331. The fraction of sp³-hybridized carbons (Fsp3) is 0.467. The average molecular weight is 295 g/mol. The Morgan fingerprint density at radius 2 is 2.10 bits per heavy atom. The van der Waals surface area contributed by atoms with Crippen molar-refractivity contribution in [3.05, 3.63) is 29.8 Å². The van der Waals surface area contributed by atoms with E-state index in [0.717, 1.165) is 11.3 Å². The molecule has 1 aromatic rings. The molecule has 108 valence electrons. The van der Waals surface area contributed by atoms with Crippen LogP contribution in [0.4, 0.5) is 5.69 Å². The third-order valence-corrected chi connectivity index (χ3v) is 3.64. The minimum Gasteiger partial charge on any atom is -0.351 e. The molecule has 0 aromatic heterocycles. The molecular weight excluding hydrogens is 276 g/mol. The number of rotatable bonds is 5. The molecule has 0 spiro atoms. The number of halogens is 1. The lowest BCUT2D eigenvalue weighted by atomic mass is 10.2. The summed E-state index contributed by atoms with van der Waals surface area (Å²) < 4.78 is 0. The zero-order valence-electron chi connectivity index (χ0n) is 11.6. The van der Waals surface area contributed by atoms with Gasteiger partial charge in [-0.25, -0.2) is 0 Å². The van der Waals surface area contributed by atoms with E-state index in [9.17, 15) is 9.59 Å². The molecule has 0 aliphatic carbocycles. The Bertz CT molecular complexity index is 487. The van der Waals surface area contributed by atoms with Gasteiger partial charge in [0.25, 0.3) is 0 Å². The zero-order chi connectivity index (χ0) is 14.5. The van der Waals surface area contributed by atoms with Crippen molar-refractivity contribution >= 4 is 29.1 Å². The largest absolute Gasteiger partial charge is 0.351 e. The molecule has 1 aliphatic rings. The number of benzene rings is 1. The number of hydrogen-bond acceptors (Lipinski definition) is 2. The zero-order valence-corrected chi connectivity index (χ0v) is 12.3. The van der Waals surface area contributed by atoms with Gasteiger partial charge in [-0.1, -0.05) is 17.7 Å². The summed E-state index contributed by atoms with van der Waals surface area (Å²) >= 11 is 5.56. The van der Waals surface area contributed by atoms with Gasteiger partial charge < -0.3 is 10.2 Å². The van der Waals surface area contributed by atoms with E-state index in [1.807, 2.05) is 31.2 Å². The number of hydrogen-bond donors (Lipinski definition) is 1. The molecule has 1 N–H and O–H groups in total. The lowest BCUT2D eigenvalue weighted by Crippen LogP contribution is -2.37. The van der Waals surface area contributed by atoms with Gasteiger partial charge in [0.1, 0.15) is 0 Å². The van der Waals surface area contributed by atoms with E-state index in [-0.39, 0.29) is 17.9 Å². The summed E-state index contributed by atoms with van der Waals surface area (Å²) in [5.74, 6) is 0.498. The summed E-state index contributed by atoms with van der Waals surface area (Å²) in [5, 5.41) is 2.90. The van der Waals surface area contributed by atoms with Gasteiger partial charge in [0, 0.05) is 31.0 Å². The summed E-state index contributed by atoms with van der Waals surface area (Å²) in [6.45, 7) is 2.55. The number of aryl methyl sites for hydroxylation is 1. The SMILES string of the molecule is Cc1ccc(N2C[C@@H](NC(=O)CCCCl)CC2=O)cc1. The summed E-state index contributed by atoms with van der Waals surface area (Å²) in [4.78, 5) is 25.4. The van der Waals surface area contributed by atoms with Gasteiger partial charge in [0.2, 0.25) is 11.8 Å².